The van der Waals surface area contributed by atoms with Gasteiger partial charge in [-0.25, -0.2) is 0 Å². The molecular formula is C30H33N3O4. The first-order valence-electron chi connectivity index (χ1n) is 12.6. The number of hydrogen-bond acceptors (Lipinski definition) is 4. The van der Waals surface area contributed by atoms with Crippen LogP contribution < -0.4 is 15.4 Å². The van der Waals surface area contributed by atoms with Crippen molar-refractivity contribution in [1.29, 1.82) is 0 Å². The molecule has 1 atom stereocenters. The quantitative estimate of drug-likeness (QED) is 0.434. The summed E-state index contributed by atoms with van der Waals surface area (Å²) >= 11 is 0. The molecule has 1 heterocycles. The summed E-state index contributed by atoms with van der Waals surface area (Å²) in [7, 11) is 1.59. The number of nitrogens with one attached hydrogen (secondary N) is 2. The van der Waals surface area contributed by atoms with Crippen LogP contribution in [0.5, 0.6) is 5.75 Å². The molecule has 1 saturated heterocycles. The highest BCUT2D eigenvalue weighted by molar-refractivity contribution is 5.80. The summed E-state index contributed by atoms with van der Waals surface area (Å²) in [6, 6.07) is 23.1. The Balaban J connectivity index is 1.40. The highest BCUT2D eigenvalue weighted by atomic mass is 16.5. The third kappa shape index (κ3) is 6.97. The van der Waals surface area contributed by atoms with Crippen LogP contribution in [0.1, 0.15) is 48.9 Å². The zero-order valence-electron chi connectivity index (χ0n) is 21.3. The Morgan fingerprint density at radius 3 is 2.38 bits per heavy atom. The van der Waals surface area contributed by atoms with E-state index >= 15 is 0 Å². The van der Waals surface area contributed by atoms with Gasteiger partial charge in [0.1, 0.15) is 5.75 Å². The van der Waals surface area contributed by atoms with Crippen LogP contribution in [-0.2, 0) is 27.5 Å². The summed E-state index contributed by atoms with van der Waals surface area (Å²) in [5.41, 5.74) is 5.03. The van der Waals surface area contributed by atoms with Crippen LogP contribution in [-0.4, -0.2) is 36.3 Å². The van der Waals surface area contributed by atoms with E-state index in [1.165, 1.54) is 6.92 Å². The highest BCUT2D eigenvalue weighted by Crippen LogP contribution is 2.25. The van der Waals surface area contributed by atoms with Gasteiger partial charge in [-0.15, -0.1) is 0 Å². The van der Waals surface area contributed by atoms with Gasteiger partial charge >= 0.3 is 0 Å². The average molecular weight is 500 g/mol. The Labute approximate surface area is 217 Å². The predicted molar refractivity (Wildman–Crippen MR) is 143 cm³/mol. The maximum Gasteiger partial charge on any atom is 0.222 e. The molecule has 3 aromatic rings. The second kappa shape index (κ2) is 12.2. The van der Waals surface area contributed by atoms with E-state index in [-0.39, 0.29) is 24.1 Å². The fourth-order valence-electron chi connectivity index (χ4n) is 4.62. The minimum absolute atomic E-state index is 0.123. The molecule has 0 radical (unpaired) electrons. The van der Waals surface area contributed by atoms with Gasteiger partial charge in [0.25, 0.3) is 0 Å². The summed E-state index contributed by atoms with van der Waals surface area (Å²) in [5, 5.41) is 5.88. The van der Waals surface area contributed by atoms with E-state index in [1.807, 2.05) is 53.4 Å². The molecule has 0 aromatic heterocycles. The molecule has 3 amide bonds. The standard InChI is InChI=1S/C30H33N3O4/c1-21(34)32-28(24-13-15-26(37-2)16-14-24)18-29(35)31-19-25-6-3-4-7-27(25)23-11-9-22(10-12-23)20-33-17-5-8-30(33)36/h3-4,6-7,9-16,28H,5,8,17-20H2,1-2H3,(H,31,35)(H,32,34)/t28-/m0/s1. The van der Waals surface area contributed by atoms with Crippen molar-refractivity contribution in [2.75, 3.05) is 13.7 Å². The number of benzene rings is 3. The van der Waals surface area contributed by atoms with Crippen molar-refractivity contribution >= 4 is 17.7 Å². The second-order valence-corrected chi connectivity index (χ2v) is 9.28. The number of amides is 3. The molecule has 192 valence electrons. The number of likely N-dealkylation sites (tertiary alicyclic amines) is 1. The smallest absolute Gasteiger partial charge is 0.222 e. The van der Waals surface area contributed by atoms with Crippen LogP contribution >= 0.6 is 0 Å². The summed E-state index contributed by atoms with van der Waals surface area (Å²) in [5.74, 6) is 0.577. The van der Waals surface area contributed by atoms with E-state index in [2.05, 4.69) is 34.9 Å². The third-order valence-electron chi connectivity index (χ3n) is 6.59. The lowest BCUT2D eigenvalue weighted by atomic mass is 9.98. The summed E-state index contributed by atoms with van der Waals surface area (Å²) in [6.45, 7) is 3.28. The van der Waals surface area contributed by atoms with E-state index in [4.69, 9.17) is 4.74 Å². The van der Waals surface area contributed by atoms with Crippen LogP contribution in [0.25, 0.3) is 11.1 Å². The average Bonchev–Trinajstić information content (AvgIpc) is 3.31. The largest absolute Gasteiger partial charge is 0.497 e. The lowest BCUT2D eigenvalue weighted by molar-refractivity contribution is -0.128. The maximum atomic E-state index is 12.9. The minimum Gasteiger partial charge on any atom is -0.497 e. The molecule has 1 fully saturated rings. The molecule has 0 aliphatic carbocycles. The van der Waals surface area contributed by atoms with E-state index in [0.29, 0.717) is 25.3 Å². The lowest BCUT2D eigenvalue weighted by Gasteiger charge is -2.19. The van der Waals surface area contributed by atoms with Gasteiger partial charge in [0.05, 0.1) is 19.6 Å². The van der Waals surface area contributed by atoms with Gasteiger partial charge in [0.15, 0.2) is 0 Å². The highest BCUT2D eigenvalue weighted by Gasteiger charge is 2.20. The van der Waals surface area contributed by atoms with Crippen molar-refractivity contribution in [2.24, 2.45) is 0 Å². The first kappa shape index (κ1) is 25.9. The summed E-state index contributed by atoms with van der Waals surface area (Å²) in [6.07, 6.45) is 1.70. The third-order valence-corrected chi connectivity index (χ3v) is 6.59. The number of rotatable bonds is 10. The van der Waals surface area contributed by atoms with Gasteiger partial charge in [-0.1, -0.05) is 60.7 Å². The number of methoxy groups -OCH3 is 1. The fraction of sp³-hybridized carbons (Fsp3) is 0.300. The van der Waals surface area contributed by atoms with Gasteiger partial charge in [-0.3, -0.25) is 14.4 Å². The predicted octanol–water partition coefficient (Wildman–Crippen LogP) is 4.37. The first-order valence-corrected chi connectivity index (χ1v) is 12.6. The van der Waals surface area contributed by atoms with Crippen molar-refractivity contribution < 1.29 is 19.1 Å². The first-order chi connectivity index (χ1) is 17.9. The van der Waals surface area contributed by atoms with Crippen molar-refractivity contribution in [2.45, 2.75) is 45.3 Å². The van der Waals surface area contributed by atoms with E-state index in [1.54, 1.807) is 7.11 Å². The maximum absolute atomic E-state index is 12.9. The Hall–Kier alpha value is -4.13. The summed E-state index contributed by atoms with van der Waals surface area (Å²) in [4.78, 5) is 38.5. The van der Waals surface area contributed by atoms with E-state index in [9.17, 15) is 14.4 Å². The molecular weight excluding hydrogens is 466 g/mol. The molecule has 1 aliphatic rings. The summed E-state index contributed by atoms with van der Waals surface area (Å²) < 4.78 is 5.20. The van der Waals surface area contributed by atoms with Crippen LogP contribution in [0.3, 0.4) is 0 Å². The Bertz CT molecular complexity index is 1240. The van der Waals surface area contributed by atoms with Gasteiger partial charge in [-0.2, -0.15) is 0 Å². The number of nitrogens with zero attached hydrogens (tertiary/aromatic N) is 1. The molecule has 0 unspecified atom stereocenters. The van der Waals surface area contributed by atoms with Crippen LogP contribution in [0, 0.1) is 0 Å². The zero-order chi connectivity index (χ0) is 26.2. The molecule has 7 nitrogen and oxygen atoms in total. The molecule has 0 bridgehead atoms. The molecule has 4 rings (SSSR count). The normalized spacial score (nSPS) is 13.8. The lowest BCUT2D eigenvalue weighted by Crippen LogP contribution is -2.32. The van der Waals surface area contributed by atoms with Crippen molar-refractivity contribution in [3.8, 4) is 16.9 Å². The Morgan fingerprint density at radius 2 is 1.73 bits per heavy atom. The molecule has 0 saturated carbocycles. The van der Waals surface area contributed by atoms with E-state index in [0.717, 1.165) is 40.8 Å². The molecule has 2 N–H and O–H groups in total. The SMILES string of the molecule is COc1ccc([C@H](CC(=O)NCc2ccccc2-c2ccc(CN3CCCC3=O)cc2)NC(C)=O)cc1. The Morgan fingerprint density at radius 1 is 1.00 bits per heavy atom. The van der Waals surface area contributed by atoms with Crippen molar-refractivity contribution in [3.05, 3.63) is 89.5 Å². The van der Waals surface area contributed by atoms with Crippen LogP contribution in [0.15, 0.2) is 72.8 Å². The minimum atomic E-state index is -0.436. The molecule has 1 aliphatic heterocycles. The van der Waals surface area contributed by atoms with Gasteiger partial charge < -0.3 is 20.3 Å². The number of carbonyl (C=O) groups excluding carboxylic acids is 3. The molecule has 7 heteroatoms. The van der Waals surface area contributed by atoms with Crippen molar-refractivity contribution in [1.82, 2.24) is 15.5 Å². The number of carbonyl (C=O) groups is 3. The molecule has 0 spiro atoms. The second-order valence-electron chi connectivity index (χ2n) is 9.28. The Kier molecular flexibility index (Phi) is 8.56. The number of hydrogen-bond donors (Lipinski definition) is 2. The monoisotopic (exact) mass is 499 g/mol. The van der Waals surface area contributed by atoms with Crippen molar-refractivity contribution in [3.63, 3.8) is 0 Å². The van der Waals surface area contributed by atoms with E-state index < -0.39 is 6.04 Å². The van der Waals surface area contributed by atoms with Crippen LogP contribution in [0.2, 0.25) is 0 Å². The molecule has 3 aromatic carbocycles. The van der Waals surface area contributed by atoms with Gasteiger partial charge in [0, 0.05) is 33.0 Å². The van der Waals surface area contributed by atoms with Gasteiger partial charge in [0.2, 0.25) is 17.7 Å². The fourth-order valence-corrected chi connectivity index (χ4v) is 4.62. The van der Waals surface area contributed by atoms with Crippen LogP contribution in [0.4, 0.5) is 0 Å². The molecule has 37 heavy (non-hydrogen) atoms. The topological polar surface area (TPSA) is 87.7 Å². The van der Waals surface area contributed by atoms with Gasteiger partial charge in [-0.05, 0) is 46.4 Å². The zero-order valence-corrected chi connectivity index (χ0v) is 21.3. The number of ether oxygens (including phenoxy) is 1.